The molecule has 1 fully saturated rings. The summed E-state index contributed by atoms with van der Waals surface area (Å²) < 4.78 is 10.5. The van der Waals surface area contributed by atoms with Gasteiger partial charge < -0.3 is 15.2 Å². The number of benzene rings is 1. The van der Waals surface area contributed by atoms with Gasteiger partial charge in [-0.15, -0.1) is 0 Å². The first kappa shape index (κ1) is 13.9. The summed E-state index contributed by atoms with van der Waals surface area (Å²) in [6.45, 7) is 2.19. The first-order valence-corrected chi connectivity index (χ1v) is 6.62. The van der Waals surface area contributed by atoms with Crippen molar-refractivity contribution < 1.29 is 14.3 Å². The number of carbonyl (C=O) groups is 1. The van der Waals surface area contributed by atoms with Crippen LogP contribution in [0.2, 0.25) is 0 Å². The Hall–Kier alpha value is -1.55. The standard InChI is InChI=1S/C15H21NO3/c1-15(9-3-4-13(15)16)14(17)19-10-11-5-7-12(18-2)8-6-11/h5-8,13H,3-4,9-10,16H2,1-2H3. The summed E-state index contributed by atoms with van der Waals surface area (Å²) in [5.41, 5.74) is 6.43. The van der Waals surface area contributed by atoms with Crippen LogP contribution in [-0.2, 0) is 16.1 Å². The number of esters is 1. The number of methoxy groups -OCH3 is 1. The molecule has 2 atom stereocenters. The van der Waals surface area contributed by atoms with Crippen LogP contribution in [0.4, 0.5) is 0 Å². The van der Waals surface area contributed by atoms with Crippen molar-refractivity contribution in [3.63, 3.8) is 0 Å². The number of hydrogen-bond donors (Lipinski definition) is 1. The van der Waals surface area contributed by atoms with Gasteiger partial charge in [0.25, 0.3) is 0 Å². The first-order valence-electron chi connectivity index (χ1n) is 6.62. The number of hydrogen-bond acceptors (Lipinski definition) is 4. The van der Waals surface area contributed by atoms with E-state index in [-0.39, 0.29) is 18.6 Å². The minimum Gasteiger partial charge on any atom is -0.497 e. The zero-order chi connectivity index (χ0) is 13.9. The molecule has 1 aliphatic rings. The highest BCUT2D eigenvalue weighted by Crippen LogP contribution is 2.37. The molecule has 4 nitrogen and oxygen atoms in total. The summed E-state index contributed by atoms with van der Waals surface area (Å²) in [6.07, 6.45) is 2.71. The molecule has 0 aliphatic heterocycles. The Bertz CT molecular complexity index is 443. The van der Waals surface area contributed by atoms with Crippen molar-refractivity contribution in [1.82, 2.24) is 0 Å². The van der Waals surface area contributed by atoms with Crippen molar-refractivity contribution in [3.05, 3.63) is 29.8 Å². The highest BCUT2D eigenvalue weighted by atomic mass is 16.5. The van der Waals surface area contributed by atoms with E-state index < -0.39 is 5.41 Å². The van der Waals surface area contributed by atoms with E-state index in [2.05, 4.69) is 0 Å². The Kier molecular flexibility index (Phi) is 4.10. The maximum atomic E-state index is 12.1. The zero-order valence-electron chi connectivity index (χ0n) is 11.5. The maximum absolute atomic E-state index is 12.1. The molecule has 0 spiro atoms. The quantitative estimate of drug-likeness (QED) is 0.846. The molecule has 2 N–H and O–H groups in total. The molecule has 2 rings (SSSR count). The van der Waals surface area contributed by atoms with Crippen LogP contribution in [0.25, 0.3) is 0 Å². The van der Waals surface area contributed by atoms with Crippen molar-refractivity contribution in [2.75, 3.05) is 7.11 Å². The summed E-state index contributed by atoms with van der Waals surface area (Å²) >= 11 is 0. The lowest BCUT2D eigenvalue weighted by atomic mass is 9.85. The topological polar surface area (TPSA) is 61.5 Å². The Morgan fingerprint density at radius 1 is 1.42 bits per heavy atom. The fraction of sp³-hybridized carbons (Fsp3) is 0.533. The zero-order valence-corrected chi connectivity index (χ0v) is 11.5. The van der Waals surface area contributed by atoms with Crippen molar-refractivity contribution in [3.8, 4) is 5.75 Å². The molecule has 1 aliphatic carbocycles. The monoisotopic (exact) mass is 263 g/mol. The molecule has 0 amide bonds. The fourth-order valence-corrected chi connectivity index (χ4v) is 2.48. The molecule has 2 unspecified atom stereocenters. The molecule has 1 saturated carbocycles. The number of carbonyl (C=O) groups excluding carboxylic acids is 1. The van der Waals surface area contributed by atoms with Crippen molar-refractivity contribution in [2.24, 2.45) is 11.1 Å². The third-order valence-corrected chi connectivity index (χ3v) is 4.02. The van der Waals surface area contributed by atoms with Crippen molar-refractivity contribution in [1.29, 1.82) is 0 Å². The largest absolute Gasteiger partial charge is 0.497 e. The van der Waals surface area contributed by atoms with Gasteiger partial charge in [-0.1, -0.05) is 18.6 Å². The summed E-state index contributed by atoms with van der Waals surface area (Å²) in [5.74, 6) is 0.605. The van der Waals surface area contributed by atoms with Gasteiger partial charge in [0, 0.05) is 6.04 Å². The summed E-state index contributed by atoms with van der Waals surface area (Å²) in [4.78, 5) is 12.1. The van der Waals surface area contributed by atoms with Crippen LogP contribution in [0, 0.1) is 5.41 Å². The van der Waals surface area contributed by atoms with Crippen LogP contribution in [0.1, 0.15) is 31.7 Å². The lowest BCUT2D eigenvalue weighted by Gasteiger charge is -2.26. The summed E-state index contributed by atoms with van der Waals surface area (Å²) in [7, 11) is 1.62. The van der Waals surface area contributed by atoms with E-state index in [0.717, 1.165) is 30.6 Å². The highest BCUT2D eigenvalue weighted by molar-refractivity contribution is 5.77. The van der Waals surface area contributed by atoms with Crippen LogP contribution >= 0.6 is 0 Å². The molecule has 0 heterocycles. The van der Waals surface area contributed by atoms with Gasteiger partial charge in [-0.25, -0.2) is 0 Å². The third-order valence-electron chi connectivity index (χ3n) is 4.02. The normalized spacial score (nSPS) is 26.2. The third kappa shape index (κ3) is 2.89. The van der Waals surface area contributed by atoms with Crippen molar-refractivity contribution in [2.45, 2.75) is 38.8 Å². The summed E-state index contributed by atoms with van der Waals surface area (Å²) in [6, 6.07) is 7.40. The molecular formula is C15H21NO3. The second-order valence-corrected chi connectivity index (χ2v) is 5.34. The van der Waals surface area contributed by atoms with E-state index >= 15 is 0 Å². The molecule has 1 aromatic rings. The Morgan fingerprint density at radius 3 is 2.63 bits per heavy atom. The average molecular weight is 263 g/mol. The van der Waals surface area contributed by atoms with Crippen LogP contribution in [0.15, 0.2) is 24.3 Å². The number of nitrogens with two attached hydrogens (primary N) is 1. The predicted octanol–water partition coefficient (Wildman–Crippen LogP) is 2.26. The lowest BCUT2D eigenvalue weighted by molar-refractivity contribution is -0.156. The molecular weight excluding hydrogens is 242 g/mol. The van der Waals surface area contributed by atoms with E-state index in [1.54, 1.807) is 7.11 Å². The van der Waals surface area contributed by atoms with Crippen molar-refractivity contribution >= 4 is 5.97 Å². The minimum absolute atomic E-state index is 0.0872. The molecule has 0 aromatic heterocycles. The molecule has 0 bridgehead atoms. The molecule has 0 radical (unpaired) electrons. The van der Waals surface area contributed by atoms with Gasteiger partial charge >= 0.3 is 5.97 Å². The Morgan fingerprint density at radius 2 is 2.11 bits per heavy atom. The molecule has 104 valence electrons. The van der Waals surface area contributed by atoms with Gasteiger partial charge in [0.05, 0.1) is 12.5 Å². The highest BCUT2D eigenvalue weighted by Gasteiger charge is 2.44. The predicted molar refractivity (Wildman–Crippen MR) is 72.7 cm³/mol. The van der Waals surface area contributed by atoms with Gasteiger partial charge in [0.1, 0.15) is 12.4 Å². The van der Waals surface area contributed by atoms with Gasteiger partial charge in [-0.2, -0.15) is 0 Å². The van der Waals surface area contributed by atoms with Gasteiger partial charge in [0.2, 0.25) is 0 Å². The van der Waals surface area contributed by atoms with Gasteiger partial charge in [0.15, 0.2) is 0 Å². The fourth-order valence-electron chi connectivity index (χ4n) is 2.48. The number of ether oxygens (including phenoxy) is 2. The average Bonchev–Trinajstić information content (AvgIpc) is 2.78. The smallest absolute Gasteiger partial charge is 0.313 e. The molecule has 1 aromatic carbocycles. The second kappa shape index (κ2) is 5.61. The Balaban J connectivity index is 1.92. The summed E-state index contributed by atoms with van der Waals surface area (Å²) in [5, 5.41) is 0. The lowest BCUT2D eigenvalue weighted by Crippen LogP contribution is -2.42. The van der Waals surface area contributed by atoms with E-state index in [1.807, 2.05) is 31.2 Å². The van der Waals surface area contributed by atoms with Crippen LogP contribution in [0.5, 0.6) is 5.75 Å². The maximum Gasteiger partial charge on any atom is 0.313 e. The Labute approximate surface area is 113 Å². The molecule has 4 heteroatoms. The van der Waals surface area contributed by atoms with Gasteiger partial charge in [-0.05, 0) is 37.5 Å². The van der Waals surface area contributed by atoms with E-state index in [0.29, 0.717) is 0 Å². The second-order valence-electron chi connectivity index (χ2n) is 5.34. The molecule has 19 heavy (non-hydrogen) atoms. The van der Waals surface area contributed by atoms with Crippen LogP contribution in [0.3, 0.4) is 0 Å². The number of rotatable bonds is 4. The van der Waals surface area contributed by atoms with E-state index in [1.165, 1.54) is 0 Å². The minimum atomic E-state index is -0.521. The first-order chi connectivity index (χ1) is 9.06. The van der Waals surface area contributed by atoms with Crippen LogP contribution < -0.4 is 10.5 Å². The SMILES string of the molecule is COc1ccc(COC(=O)C2(C)CCCC2N)cc1. The van der Waals surface area contributed by atoms with E-state index in [9.17, 15) is 4.79 Å². The van der Waals surface area contributed by atoms with Gasteiger partial charge in [-0.3, -0.25) is 4.79 Å². The molecule has 0 saturated heterocycles. The van der Waals surface area contributed by atoms with E-state index in [4.69, 9.17) is 15.2 Å². The van der Waals surface area contributed by atoms with Crippen LogP contribution in [-0.4, -0.2) is 19.1 Å².